The molecule has 0 aromatic rings. The molecule has 3 fully saturated rings. The summed E-state index contributed by atoms with van der Waals surface area (Å²) in [4.78, 5) is 16.2. The third-order valence-electron chi connectivity index (χ3n) is 5.17. The second-order valence-corrected chi connectivity index (χ2v) is 9.00. The fourth-order valence-electron chi connectivity index (χ4n) is 3.62. The highest BCUT2D eigenvalue weighted by molar-refractivity contribution is 8.01. The highest BCUT2D eigenvalue weighted by Gasteiger charge is 2.50. The lowest BCUT2D eigenvalue weighted by molar-refractivity contribution is -0.137. The van der Waals surface area contributed by atoms with Gasteiger partial charge in [0.1, 0.15) is 0 Å². The van der Waals surface area contributed by atoms with Crippen molar-refractivity contribution in [3.05, 3.63) is 0 Å². The van der Waals surface area contributed by atoms with Crippen LogP contribution >= 0.6 is 11.8 Å². The molecule has 3 aliphatic heterocycles. The molecule has 3 rings (SSSR count). The molecular formula is C17H30N2O3S. The fraction of sp³-hybridized carbons (Fsp3) is 0.941. The number of carbonyl (C=O) groups is 1. The molecule has 0 aliphatic carbocycles. The third kappa shape index (κ3) is 4.62. The molecule has 1 amide bonds. The van der Waals surface area contributed by atoms with Crippen molar-refractivity contribution >= 4 is 17.7 Å². The van der Waals surface area contributed by atoms with Crippen LogP contribution in [0.15, 0.2) is 0 Å². The third-order valence-corrected chi connectivity index (χ3v) is 6.74. The predicted octanol–water partition coefficient (Wildman–Crippen LogP) is 1.47. The van der Waals surface area contributed by atoms with Gasteiger partial charge in [-0.25, -0.2) is 0 Å². The van der Waals surface area contributed by atoms with E-state index in [1.165, 1.54) is 0 Å². The van der Waals surface area contributed by atoms with Crippen LogP contribution in [-0.2, 0) is 14.3 Å². The second kappa shape index (κ2) is 7.72. The Morgan fingerprint density at radius 2 is 2.09 bits per heavy atom. The number of nitrogens with zero attached hydrogens (tertiary/aromatic N) is 2. The Hall–Kier alpha value is -0.300. The number of hydrogen-bond acceptors (Lipinski definition) is 5. The molecule has 0 aromatic heterocycles. The molecule has 3 heterocycles. The minimum atomic E-state index is 0.286. The zero-order valence-corrected chi connectivity index (χ0v) is 15.3. The first kappa shape index (κ1) is 17.5. The maximum Gasteiger partial charge on any atom is 0.223 e. The summed E-state index contributed by atoms with van der Waals surface area (Å²) in [5.74, 6) is 2.07. The van der Waals surface area contributed by atoms with Gasteiger partial charge < -0.3 is 19.3 Å². The van der Waals surface area contributed by atoms with Gasteiger partial charge in [-0.05, 0) is 39.3 Å². The van der Waals surface area contributed by atoms with Crippen molar-refractivity contribution in [3.8, 4) is 0 Å². The topological polar surface area (TPSA) is 42.0 Å². The lowest BCUT2D eigenvalue weighted by Crippen LogP contribution is -2.61. The molecule has 0 N–H and O–H groups in total. The van der Waals surface area contributed by atoms with Crippen molar-refractivity contribution in [2.75, 3.05) is 59.3 Å². The fourth-order valence-corrected chi connectivity index (χ4v) is 5.17. The van der Waals surface area contributed by atoms with E-state index in [1.54, 1.807) is 0 Å². The maximum atomic E-state index is 12.1. The Labute approximate surface area is 144 Å². The van der Waals surface area contributed by atoms with Crippen LogP contribution in [0, 0.1) is 5.92 Å². The number of carbonyl (C=O) groups excluding carboxylic acids is 1. The van der Waals surface area contributed by atoms with Crippen LogP contribution in [0.25, 0.3) is 0 Å². The maximum absolute atomic E-state index is 12.1. The van der Waals surface area contributed by atoms with Crippen molar-refractivity contribution in [2.45, 2.75) is 36.5 Å². The molecule has 5 nitrogen and oxygen atoms in total. The summed E-state index contributed by atoms with van der Waals surface area (Å²) in [6.07, 6.45) is 4.40. The first-order valence-electron chi connectivity index (χ1n) is 8.82. The van der Waals surface area contributed by atoms with E-state index in [0.717, 1.165) is 64.5 Å². The molecule has 0 bridgehead atoms. The zero-order valence-electron chi connectivity index (χ0n) is 14.5. The number of thioether (sulfide) groups is 1. The normalized spacial score (nSPS) is 27.6. The number of ether oxygens (including phenoxy) is 2. The summed E-state index contributed by atoms with van der Waals surface area (Å²) in [6, 6.07) is 0. The summed E-state index contributed by atoms with van der Waals surface area (Å²) in [5, 5.41) is 0. The van der Waals surface area contributed by atoms with Crippen LogP contribution in [-0.4, -0.2) is 85.9 Å². The van der Waals surface area contributed by atoms with E-state index in [4.69, 9.17) is 9.47 Å². The average Bonchev–Trinajstić information content (AvgIpc) is 2.95. The Kier molecular flexibility index (Phi) is 5.88. The molecule has 0 unspecified atom stereocenters. The molecule has 23 heavy (non-hydrogen) atoms. The Balaban J connectivity index is 1.35. The van der Waals surface area contributed by atoms with E-state index >= 15 is 0 Å². The number of likely N-dealkylation sites (tertiary alicyclic amines) is 1. The molecule has 0 aromatic carbocycles. The van der Waals surface area contributed by atoms with Gasteiger partial charge in [0.25, 0.3) is 0 Å². The predicted molar refractivity (Wildman–Crippen MR) is 92.8 cm³/mol. The Morgan fingerprint density at radius 3 is 2.78 bits per heavy atom. The van der Waals surface area contributed by atoms with Crippen LogP contribution in [0.1, 0.15) is 25.7 Å². The van der Waals surface area contributed by atoms with Gasteiger partial charge in [0.15, 0.2) is 0 Å². The molecule has 1 atom stereocenters. The second-order valence-electron chi connectivity index (χ2n) is 7.51. The lowest BCUT2D eigenvalue weighted by Gasteiger charge is -2.47. The number of rotatable bonds is 6. The van der Waals surface area contributed by atoms with E-state index in [2.05, 4.69) is 4.90 Å². The van der Waals surface area contributed by atoms with Gasteiger partial charge in [0.2, 0.25) is 5.91 Å². The number of hydrogen-bond donors (Lipinski definition) is 0. The molecule has 0 saturated carbocycles. The van der Waals surface area contributed by atoms with Crippen molar-refractivity contribution < 1.29 is 14.3 Å². The molecule has 0 radical (unpaired) electrons. The minimum Gasteiger partial charge on any atom is -0.381 e. The van der Waals surface area contributed by atoms with Gasteiger partial charge in [-0.15, -0.1) is 11.8 Å². The number of amides is 1. The average molecular weight is 343 g/mol. The van der Waals surface area contributed by atoms with Crippen LogP contribution in [0.5, 0.6) is 0 Å². The molecule has 132 valence electrons. The van der Waals surface area contributed by atoms with Crippen molar-refractivity contribution in [1.29, 1.82) is 0 Å². The van der Waals surface area contributed by atoms with E-state index < -0.39 is 0 Å². The Bertz CT molecular complexity index is 407. The first-order valence-corrected chi connectivity index (χ1v) is 9.81. The summed E-state index contributed by atoms with van der Waals surface area (Å²) >= 11 is 2.02. The van der Waals surface area contributed by atoms with E-state index in [0.29, 0.717) is 24.3 Å². The smallest absolute Gasteiger partial charge is 0.223 e. The zero-order chi connectivity index (χ0) is 16.3. The SMILES string of the molecule is CN(C)CCC(=O)N1CC2(C[C@H](OCC3CCOCC3)CS2)C1. The van der Waals surface area contributed by atoms with Crippen LogP contribution < -0.4 is 0 Å². The molecule has 3 saturated heterocycles. The van der Waals surface area contributed by atoms with Gasteiger partial charge >= 0.3 is 0 Å². The monoisotopic (exact) mass is 342 g/mol. The van der Waals surface area contributed by atoms with E-state index in [9.17, 15) is 4.79 Å². The first-order chi connectivity index (χ1) is 11.1. The van der Waals surface area contributed by atoms with Crippen LogP contribution in [0.3, 0.4) is 0 Å². The Morgan fingerprint density at radius 1 is 1.35 bits per heavy atom. The standard InChI is InChI=1S/C17H30N2O3S/c1-18(2)6-3-16(20)19-12-17(13-19)9-15(11-23-17)22-10-14-4-7-21-8-5-14/h14-15H,3-13H2,1-2H3/t15-/m0/s1. The largest absolute Gasteiger partial charge is 0.381 e. The molecule has 1 spiro atoms. The highest BCUT2D eigenvalue weighted by Crippen LogP contribution is 2.46. The lowest BCUT2D eigenvalue weighted by atomic mass is 9.92. The molecule has 6 heteroatoms. The summed E-state index contributed by atoms with van der Waals surface area (Å²) in [7, 11) is 4.02. The van der Waals surface area contributed by atoms with Crippen molar-refractivity contribution in [1.82, 2.24) is 9.80 Å². The summed E-state index contributed by atoms with van der Waals surface area (Å²) in [5.41, 5.74) is 0. The van der Waals surface area contributed by atoms with E-state index in [1.807, 2.05) is 30.8 Å². The van der Waals surface area contributed by atoms with Gasteiger partial charge in [-0.1, -0.05) is 0 Å². The van der Waals surface area contributed by atoms with Crippen molar-refractivity contribution in [3.63, 3.8) is 0 Å². The highest BCUT2D eigenvalue weighted by atomic mass is 32.2. The van der Waals surface area contributed by atoms with Crippen LogP contribution in [0.4, 0.5) is 0 Å². The van der Waals surface area contributed by atoms with Crippen LogP contribution in [0.2, 0.25) is 0 Å². The van der Waals surface area contributed by atoms with Gasteiger partial charge in [-0.2, -0.15) is 0 Å². The molecular weight excluding hydrogens is 312 g/mol. The molecule has 3 aliphatic rings. The van der Waals surface area contributed by atoms with Gasteiger partial charge in [-0.3, -0.25) is 4.79 Å². The van der Waals surface area contributed by atoms with Gasteiger partial charge in [0.05, 0.1) is 10.9 Å². The van der Waals surface area contributed by atoms with Gasteiger partial charge in [0, 0.05) is 51.6 Å². The minimum absolute atomic E-state index is 0.286. The van der Waals surface area contributed by atoms with E-state index in [-0.39, 0.29) is 4.75 Å². The summed E-state index contributed by atoms with van der Waals surface area (Å²) in [6.45, 7) is 5.34. The van der Waals surface area contributed by atoms with Crippen molar-refractivity contribution in [2.24, 2.45) is 5.92 Å². The summed E-state index contributed by atoms with van der Waals surface area (Å²) < 4.78 is 11.8. The quantitative estimate of drug-likeness (QED) is 0.731.